The normalized spacial score (nSPS) is 13.1. The van der Waals surface area contributed by atoms with Crippen molar-refractivity contribution < 1.29 is 23.1 Å². The van der Waals surface area contributed by atoms with E-state index in [9.17, 15) is 18.0 Å². The number of carboxylic acids is 1. The zero-order chi connectivity index (χ0) is 16.2. The first-order valence-corrected chi connectivity index (χ1v) is 8.54. The number of aromatic carboxylic acids is 1. The summed E-state index contributed by atoms with van der Waals surface area (Å²) in [6, 6.07) is 1.54. The van der Waals surface area contributed by atoms with E-state index >= 15 is 0 Å². The third-order valence-corrected chi connectivity index (χ3v) is 5.66. The summed E-state index contributed by atoms with van der Waals surface area (Å²) in [4.78, 5) is 22.5. The van der Waals surface area contributed by atoms with Crippen molar-refractivity contribution in [2.24, 2.45) is 5.92 Å². The van der Waals surface area contributed by atoms with Crippen molar-refractivity contribution in [3.8, 4) is 0 Å². The molecule has 0 aliphatic rings. The molecule has 3 N–H and O–H groups in total. The van der Waals surface area contributed by atoms with Crippen molar-refractivity contribution in [2.45, 2.75) is 30.5 Å². The van der Waals surface area contributed by atoms with E-state index in [1.807, 2.05) is 13.8 Å². The van der Waals surface area contributed by atoms with Gasteiger partial charge in [0, 0.05) is 7.05 Å². The lowest BCUT2D eigenvalue weighted by molar-refractivity contribution is -0.122. The molecule has 0 aliphatic carbocycles. The monoisotopic (exact) mass is 334 g/mol. The smallest absolute Gasteiger partial charge is 0.345 e. The number of carbonyl (C=O) groups excluding carboxylic acids is 1. The van der Waals surface area contributed by atoms with E-state index in [1.165, 1.54) is 19.2 Å². The number of rotatable bonds is 7. The van der Waals surface area contributed by atoms with Crippen molar-refractivity contribution in [1.82, 2.24) is 10.0 Å². The highest BCUT2D eigenvalue weighted by Crippen LogP contribution is 2.22. The highest BCUT2D eigenvalue weighted by molar-refractivity contribution is 7.91. The van der Waals surface area contributed by atoms with Crippen LogP contribution in [0.15, 0.2) is 16.3 Å². The molecule has 0 saturated carbocycles. The summed E-state index contributed by atoms with van der Waals surface area (Å²) < 4.78 is 26.6. The topological polar surface area (TPSA) is 113 Å². The quantitative estimate of drug-likeness (QED) is 0.685. The van der Waals surface area contributed by atoms with Crippen LogP contribution in [0.4, 0.5) is 0 Å². The SMILES string of the molecule is CNC(=O)C(CC(C)C)NS(=O)(=O)c1ccc(C(=O)O)s1. The first-order valence-electron chi connectivity index (χ1n) is 6.24. The van der Waals surface area contributed by atoms with E-state index in [-0.39, 0.29) is 15.0 Å². The third-order valence-electron chi connectivity index (χ3n) is 2.62. The maximum atomic E-state index is 12.2. The lowest BCUT2D eigenvalue weighted by Crippen LogP contribution is -2.46. The molecular formula is C12H18N2O5S2. The van der Waals surface area contributed by atoms with Crippen LogP contribution in [0.3, 0.4) is 0 Å². The van der Waals surface area contributed by atoms with Gasteiger partial charge >= 0.3 is 5.97 Å². The molecule has 21 heavy (non-hydrogen) atoms. The number of hydrogen-bond acceptors (Lipinski definition) is 5. The summed E-state index contributed by atoms with van der Waals surface area (Å²) in [5.41, 5.74) is 0. The summed E-state index contributed by atoms with van der Waals surface area (Å²) in [5.74, 6) is -1.50. The molecule has 0 fully saturated rings. The number of sulfonamides is 1. The van der Waals surface area contributed by atoms with Crippen LogP contribution >= 0.6 is 11.3 Å². The summed E-state index contributed by atoms with van der Waals surface area (Å²) in [7, 11) is -2.50. The fourth-order valence-electron chi connectivity index (χ4n) is 1.68. The zero-order valence-electron chi connectivity index (χ0n) is 11.9. The van der Waals surface area contributed by atoms with Crippen LogP contribution in [0.1, 0.15) is 29.9 Å². The Morgan fingerprint density at radius 1 is 1.33 bits per heavy atom. The van der Waals surface area contributed by atoms with E-state index in [0.717, 1.165) is 0 Å². The van der Waals surface area contributed by atoms with Gasteiger partial charge in [0.2, 0.25) is 5.91 Å². The minimum Gasteiger partial charge on any atom is -0.477 e. The standard InChI is InChI=1S/C12H18N2O5S2/c1-7(2)6-8(11(15)13-3)14-21(18,19)10-5-4-9(20-10)12(16)17/h4-5,7-8,14H,6H2,1-3H3,(H,13,15)(H,16,17). The van der Waals surface area contributed by atoms with Gasteiger partial charge in [-0.2, -0.15) is 4.72 Å². The molecule has 1 heterocycles. The minimum absolute atomic E-state index is 0.0734. The Morgan fingerprint density at radius 2 is 1.95 bits per heavy atom. The number of carbonyl (C=O) groups is 2. The summed E-state index contributed by atoms with van der Waals surface area (Å²) >= 11 is 0.646. The van der Waals surface area contributed by atoms with Gasteiger partial charge in [0.1, 0.15) is 15.1 Å². The lowest BCUT2D eigenvalue weighted by atomic mass is 10.0. The fraction of sp³-hybridized carbons (Fsp3) is 0.500. The second-order valence-electron chi connectivity index (χ2n) is 4.84. The van der Waals surface area contributed by atoms with Crippen LogP contribution in [0.2, 0.25) is 0 Å². The second kappa shape index (κ2) is 7.01. The Morgan fingerprint density at radius 3 is 2.38 bits per heavy atom. The van der Waals surface area contributed by atoms with Crippen LogP contribution in [-0.2, 0) is 14.8 Å². The molecule has 0 spiro atoms. The number of carboxylic acid groups (broad SMARTS) is 1. The van der Waals surface area contributed by atoms with Crippen molar-refractivity contribution >= 4 is 33.2 Å². The Labute approximate surface area is 127 Å². The van der Waals surface area contributed by atoms with Crippen molar-refractivity contribution in [3.63, 3.8) is 0 Å². The molecule has 7 nitrogen and oxygen atoms in total. The molecular weight excluding hydrogens is 316 g/mol. The molecule has 9 heteroatoms. The molecule has 118 valence electrons. The summed E-state index contributed by atoms with van der Waals surface area (Å²) in [6.45, 7) is 3.75. The molecule has 1 amide bonds. The number of nitrogens with one attached hydrogen (secondary N) is 2. The first kappa shape index (κ1) is 17.6. The minimum atomic E-state index is -3.93. The fourth-order valence-corrected chi connectivity index (χ4v) is 4.05. The highest BCUT2D eigenvalue weighted by Gasteiger charge is 2.27. The Bertz CT molecular complexity index is 621. The molecule has 1 atom stereocenters. The van der Waals surface area contributed by atoms with Gasteiger partial charge in [-0.25, -0.2) is 13.2 Å². The lowest BCUT2D eigenvalue weighted by Gasteiger charge is -2.18. The van der Waals surface area contributed by atoms with Gasteiger partial charge in [0.25, 0.3) is 10.0 Å². The summed E-state index contributed by atoms with van der Waals surface area (Å²) in [5, 5.41) is 11.2. The van der Waals surface area contributed by atoms with Crippen molar-refractivity contribution in [1.29, 1.82) is 0 Å². The number of thiophene rings is 1. The predicted molar refractivity (Wildman–Crippen MR) is 78.9 cm³/mol. The molecule has 0 bridgehead atoms. The van der Waals surface area contributed by atoms with Crippen molar-refractivity contribution in [3.05, 3.63) is 17.0 Å². The van der Waals surface area contributed by atoms with Gasteiger partial charge < -0.3 is 10.4 Å². The molecule has 0 radical (unpaired) electrons. The Hall–Kier alpha value is -1.45. The van der Waals surface area contributed by atoms with E-state index in [2.05, 4.69) is 10.0 Å². The van der Waals surface area contributed by atoms with Gasteiger partial charge in [-0.05, 0) is 24.5 Å². The van der Waals surface area contributed by atoms with Gasteiger partial charge in [-0.3, -0.25) is 4.79 Å². The molecule has 0 aromatic carbocycles. The van der Waals surface area contributed by atoms with Gasteiger partial charge in [0.15, 0.2) is 0 Å². The molecule has 0 aliphatic heterocycles. The largest absolute Gasteiger partial charge is 0.477 e. The Balaban J connectivity index is 2.99. The van der Waals surface area contributed by atoms with E-state index in [0.29, 0.717) is 17.8 Å². The van der Waals surface area contributed by atoms with Crippen LogP contribution in [0.25, 0.3) is 0 Å². The van der Waals surface area contributed by atoms with E-state index in [4.69, 9.17) is 5.11 Å². The van der Waals surface area contributed by atoms with Crippen LogP contribution in [0.5, 0.6) is 0 Å². The van der Waals surface area contributed by atoms with Crippen LogP contribution < -0.4 is 10.0 Å². The first-order chi connectivity index (χ1) is 9.67. The van der Waals surface area contributed by atoms with Crippen molar-refractivity contribution in [2.75, 3.05) is 7.05 Å². The molecule has 1 rings (SSSR count). The van der Waals surface area contributed by atoms with E-state index in [1.54, 1.807) is 0 Å². The van der Waals surface area contributed by atoms with Gasteiger partial charge in [-0.15, -0.1) is 11.3 Å². The van der Waals surface area contributed by atoms with E-state index < -0.39 is 27.9 Å². The second-order valence-corrected chi connectivity index (χ2v) is 7.87. The number of likely N-dealkylation sites (N-methyl/N-ethyl adjacent to an activating group) is 1. The van der Waals surface area contributed by atoms with Crippen LogP contribution in [-0.4, -0.2) is 38.5 Å². The number of amides is 1. The molecule has 1 aromatic heterocycles. The number of hydrogen-bond donors (Lipinski definition) is 3. The van der Waals surface area contributed by atoms with Gasteiger partial charge in [0.05, 0.1) is 0 Å². The maximum Gasteiger partial charge on any atom is 0.345 e. The Kier molecular flexibility index (Phi) is 5.87. The third kappa shape index (κ3) is 4.80. The van der Waals surface area contributed by atoms with Crippen LogP contribution in [0, 0.1) is 5.92 Å². The molecule has 0 saturated heterocycles. The van der Waals surface area contributed by atoms with Gasteiger partial charge in [-0.1, -0.05) is 13.8 Å². The average molecular weight is 334 g/mol. The predicted octanol–water partition coefficient (Wildman–Crippen LogP) is 0.885. The highest BCUT2D eigenvalue weighted by atomic mass is 32.2. The summed E-state index contributed by atoms with van der Waals surface area (Å²) in [6.07, 6.45) is 0.343. The zero-order valence-corrected chi connectivity index (χ0v) is 13.5. The molecule has 1 aromatic rings. The average Bonchev–Trinajstić information content (AvgIpc) is 2.86. The molecule has 1 unspecified atom stereocenters. The maximum absolute atomic E-state index is 12.2.